The van der Waals surface area contributed by atoms with Crippen molar-refractivity contribution in [2.75, 3.05) is 91.6 Å². The summed E-state index contributed by atoms with van der Waals surface area (Å²) >= 11 is 0. The van der Waals surface area contributed by atoms with E-state index in [1.807, 2.05) is 13.8 Å². The van der Waals surface area contributed by atoms with Gasteiger partial charge in [-0.25, -0.2) is 0 Å². The number of hydrogen-bond acceptors (Lipinski definition) is 6. The lowest BCUT2D eigenvalue weighted by Gasteiger charge is -2.44. The zero-order valence-corrected chi connectivity index (χ0v) is 27.3. The van der Waals surface area contributed by atoms with Gasteiger partial charge in [0.05, 0.1) is 0 Å². The van der Waals surface area contributed by atoms with Crippen LogP contribution in [-0.4, -0.2) is 145 Å². The third-order valence-electron chi connectivity index (χ3n) is 9.63. The van der Waals surface area contributed by atoms with E-state index >= 15 is 0 Å². The Morgan fingerprint density at radius 1 is 0.500 bits per heavy atom. The van der Waals surface area contributed by atoms with Gasteiger partial charge in [0.25, 0.3) is 0 Å². The van der Waals surface area contributed by atoms with E-state index in [1.165, 1.54) is 117 Å². The Hall–Kier alpha value is -0.240. The van der Waals surface area contributed by atoms with E-state index in [9.17, 15) is 0 Å². The molecule has 226 valence electrons. The molecule has 0 atom stereocenters. The monoisotopic (exact) mass is 537 g/mol. The Morgan fingerprint density at radius 2 is 0.921 bits per heavy atom. The van der Waals surface area contributed by atoms with Crippen molar-refractivity contribution in [3.05, 3.63) is 0 Å². The van der Waals surface area contributed by atoms with Gasteiger partial charge in [-0.2, -0.15) is 0 Å². The Kier molecular flexibility index (Phi) is 16.3. The normalized spacial score (nSPS) is 24.9. The molecular weight excluding hydrogens is 468 g/mol. The molecule has 0 bridgehead atoms. The Labute approximate surface area is 239 Å². The van der Waals surface area contributed by atoms with Crippen molar-refractivity contribution in [1.82, 2.24) is 29.4 Å². The maximum atomic E-state index is 2.75. The highest BCUT2D eigenvalue weighted by atomic mass is 15.3. The summed E-state index contributed by atoms with van der Waals surface area (Å²) in [4.78, 5) is 15.9. The van der Waals surface area contributed by atoms with Crippen LogP contribution in [0.3, 0.4) is 0 Å². The van der Waals surface area contributed by atoms with Crippen LogP contribution in [0.4, 0.5) is 0 Å². The minimum atomic E-state index is 0.718. The predicted octanol–water partition coefficient (Wildman–Crippen LogP) is 4.66. The SMILES string of the molecule is CC.CC(C)N1CCC(N2CCN(C(C)C)CC2)CC1.CCN1CCC(CN2CCN(C(C)C)CC2)CC1. The summed E-state index contributed by atoms with van der Waals surface area (Å²) in [7, 11) is 0. The summed E-state index contributed by atoms with van der Waals surface area (Å²) in [5.41, 5.74) is 0. The minimum absolute atomic E-state index is 0.718. The first-order valence-electron chi connectivity index (χ1n) is 16.7. The maximum absolute atomic E-state index is 2.75. The summed E-state index contributed by atoms with van der Waals surface area (Å²) < 4.78 is 0. The summed E-state index contributed by atoms with van der Waals surface area (Å²) in [5.74, 6) is 0.957. The number of likely N-dealkylation sites (tertiary alicyclic amines) is 2. The molecule has 4 saturated heterocycles. The van der Waals surface area contributed by atoms with Crippen molar-refractivity contribution in [1.29, 1.82) is 0 Å². The van der Waals surface area contributed by atoms with Crippen LogP contribution >= 0.6 is 0 Å². The second-order valence-corrected chi connectivity index (χ2v) is 12.8. The molecule has 6 nitrogen and oxygen atoms in total. The molecule has 0 aromatic carbocycles. The summed E-state index contributed by atoms with van der Waals surface area (Å²) in [6.07, 6.45) is 5.58. The smallest absolute Gasteiger partial charge is 0.0121 e. The molecule has 0 unspecified atom stereocenters. The van der Waals surface area contributed by atoms with E-state index in [0.29, 0.717) is 0 Å². The van der Waals surface area contributed by atoms with Gasteiger partial charge in [-0.05, 0) is 106 Å². The number of piperidine rings is 2. The van der Waals surface area contributed by atoms with Crippen LogP contribution in [0.15, 0.2) is 0 Å². The van der Waals surface area contributed by atoms with Gasteiger partial charge in [0.2, 0.25) is 0 Å². The van der Waals surface area contributed by atoms with Crippen LogP contribution < -0.4 is 0 Å². The lowest BCUT2D eigenvalue weighted by Crippen LogP contribution is -2.54. The highest BCUT2D eigenvalue weighted by Gasteiger charge is 2.28. The van der Waals surface area contributed by atoms with Crippen molar-refractivity contribution in [3.8, 4) is 0 Å². The van der Waals surface area contributed by atoms with Gasteiger partial charge in [-0.15, -0.1) is 0 Å². The highest BCUT2D eigenvalue weighted by Crippen LogP contribution is 2.21. The molecule has 4 rings (SSSR count). The first kappa shape index (κ1) is 34.0. The van der Waals surface area contributed by atoms with Gasteiger partial charge in [0, 0.05) is 83.1 Å². The lowest BCUT2D eigenvalue weighted by molar-refractivity contribution is 0.0425. The van der Waals surface area contributed by atoms with Crippen molar-refractivity contribution >= 4 is 0 Å². The third-order valence-corrected chi connectivity index (χ3v) is 9.63. The molecule has 0 spiro atoms. The van der Waals surface area contributed by atoms with Gasteiger partial charge in [0.15, 0.2) is 0 Å². The topological polar surface area (TPSA) is 19.4 Å². The second-order valence-electron chi connectivity index (χ2n) is 12.8. The first-order valence-corrected chi connectivity index (χ1v) is 16.7. The molecule has 0 aliphatic carbocycles. The Morgan fingerprint density at radius 3 is 1.34 bits per heavy atom. The van der Waals surface area contributed by atoms with Crippen LogP contribution in [0.1, 0.15) is 88.0 Å². The fourth-order valence-corrected chi connectivity index (χ4v) is 6.70. The van der Waals surface area contributed by atoms with Crippen LogP contribution in [0, 0.1) is 5.92 Å². The molecule has 0 aromatic heterocycles. The predicted molar refractivity (Wildman–Crippen MR) is 167 cm³/mol. The average Bonchev–Trinajstić information content (AvgIpc) is 2.95. The average molecular weight is 537 g/mol. The molecule has 6 heteroatoms. The molecule has 4 aliphatic heterocycles. The quantitative estimate of drug-likeness (QED) is 0.468. The summed E-state index contributed by atoms with van der Waals surface area (Å²) in [6, 6.07) is 3.02. The zero-order valence-electron chi connectivity index (χ0n) is 27.3. The molecule has 0 saturated carbocycles. The fraction of sp³-hybridized carbons (Fsp3) is 1.00. The van der Waals surface area contributed by atoms with Gasteiger partial charge < -0.3 is 14.7 Å². The summed E-state index contributed by atoms with van der Waals surface area (Å²) in [5, 5.41) is 0. The molecule has 4 fully saturated rings. The van der Waals surface area contributed by atoms with Crippen LogP contribution in [0.25, 0.3) is 0 Å². The molecule has 0 amide bonds. The van der Waals surface area contributed by atoms with Crippen molar-refractivity contribution in [2.45, 2.75) is 112 Å². The molecule has 38 heavy (non-hydrogen) atoms. The largest absolute Gasteiger partial charge is 0.304 e. The number of piperazine rings is 2. The Bertz CT molecular complexity index is 538. The van der Waals surface area contributed by atoms with Gasteiger partial charge >= 0.3 is 0 Å². The van der Waals surface area contributed by atoms with Crippen LogP contribution in [0.2, 0.25) is 0 Å². The van der Waals surface area contributed by atoms with Gasteiger partial charge in [-0.1, -0.05) is 20.8 Å². The van der Waals surface area contributed by atoms with Crippen molar-refractivity contribution in [3.63, 3.8) is 0 Å². The van der Waals surface area contributed by atoms with Crippen molar-refractivity contribution < 1.29 is 0 Å². The fourth-order valence-electron chi connectivity index (χ4n) is 6.70. The third kappa shape index (κ3) is 11.3. The molecule has 0 radical (unpaired) electrons. The Balaban J connectivity index is 0.000000251. The minimum Gasteiger partial charge on any atom is -0.304 e. The molecule has 4 aliphatic rings. The van der Waals surface area contributed by atoms with E-state index in [0.717, 1.165) is 30.1 Å². The second kappa shape index (κ2) is 18.2. The highest BCUT2D eigenvalue weighted by molar-refractivity contribution is 4.85. The molecule has 0 aromatic rings. The van der Waals surface area contributed by atoms with E-state index in [4.69, 9.17) is 0 Å². The lowest BCUT2D eigenvalue weighted by atomic mass is 9.96. The number of rotatable bonds is 7. The first-order chi connectivity index (χ1) is 18.3. The standard InChI is InChI=1S/2C15H31N3.C2H6/c1-13(2)16-7-5-15(6-8-16)18-11-9-17(10-12-18)14(3)4;1-4-16-7-5-15(6-8-16)13-17-9-11-18(12-10-17)14(2)3;1-2/h13-15H,5-12H2,1-4H3;14-15H,4-13H2,1-3H3;1-2H3. The van der Waals surface area contributed by atoms with E-state index in [1.54, 1.807) is 0 Å². The van der Waals surface area contributed by atoms with Gasteiger partial charge in [-0.3, -0.25) is 14.7 Å². The summed E-state index contributed by atoms with van der Waals surface area (Å²) in [6.45, 7) is 38.2. The maximum Gasteiger partial charge on any atom is 0.0121 e. The van der Waals surface area contributed by atoms with Crippen LogP contribution in [-0.2, 0) is 0 Å². The molecule has 0 N–H and O–H groups in total. The van der Waals surface area contributed by atoms with E-state index in [-0.39, 0.29) is 0 Å². The molecule has 4 heterocycles. The number of hydrogen-bond donors (Lipinski definition) is 0. The van der Waals surface area contributed by atoms with E-state index in [2.05, 4.69) is 77.9 Å². The number of nitrogens with zero attached hydrogens (tertiary/aromatic N) is 6. The van der Waals surface area contributed by atoms with Crippen molar-refractivity contribution in [2.24, 2.45) is 5.92 Å². The molecular formula is C32H68N6. The van der Waals surface area contributed by atoms with Gasteiger partial charge in [0.1, 0.15) is 0 Å². The zero-order chi connectivity index (χ0) is 28.1. The van der Waals surface area contributed by atoms with E-state index < -0.39 is 0 Å². The van der Waals surface area contributed by atoms with Crippen LogP contribution in [0.5, 0.6) is 0 Å².